The normalized spacial score (nSPS) is 14.5. The number of amides is 3. The van der Waals surface area contributed by atoms with Crippen LogP contribution in [0, 0.1) is 0 Å². The molecule has 0 unspecified atom stereocenters. The highest BCUT2D eigenvalue weighted by molar-refractivity contribution is 6.34. The van der Waals surface area contributed by atoms with Crippen molar-refractivity contribution in [3.63, 3.8) is 0 Å². The van der Waals surface area contributed by atoms with Gasteiger partial charge >= 0.3 is 12.0 Å². The Morgan fingerprint density at radius 2 is 1.92 bits per heavy atom. The predicted octanol–water partition coefficient (Wildman–Crippen LogP) is 3.34. The molecule has 1 aliphatic rings. The third-order valence-electron chi connectivity index (χ3n) is 4.52. The number of nitrogens with one attached hydrogen (secondary N) is 2. The number of nitrogens with zero attached hydrogens (tertiary/aromatic N) is 1. The number of carbonyl (C=O) groups is 3. The van der Waals surface area contributed by atoms with E-state index < -0.39 is 12.0 Å². The largest absolute Gasteiger partial charge is 0.481 e. The molecule has 0 radical (unpaired) electrons. The number of carboxylic acids is 1. The Balaban J connectivity index is 1.96. The average molecular weight is 382 g/mol. The maximum atomic E-state index is 12.7. The average Bonchev–Trinajstić information content (AvgIpc) is 2.61. The van der Waals surface area contributed by atoms with Gasteiger partial charge in [0.25, 0.3) is 5.91 Å². The Bertz CT molecular complexity index is 674. The monoisotopic (exact) mass is 381 g/mol. The summed E-state index contributed by atoms with van der Waals surface area (Å²) in [6.45, 7) is 0.0254. The number of halogens is 1. The van der Waals surface area contributed by atoms with E-state index in [0.29, 0.717) is 11.3 Å². The third kappa shape index (κ3) is 5.62. The molecule has 0 saturated heterocycles. The summed E-state index contributed by atoms with van der Waals surface area (Å²) in [6.07, 6.45) is 5.35. The fraction of sp³-hybridized carbons (Fsp3) is 0.500. The second-order valence-corrected chi connectivity index (χ2v) is 6.83. The highest BCUT2D eigenvalue weighted by atomic mass is 35.5. The lowest BCUT2D eigenvalue weighted by molar-refractivity contribution is -0.136. The topological polar surface area (TPSA) is 98.7 Å². The molecule has 1 aromatic carbocycles. The zero-order valence-electron chi connectivity index (χ0n) is 14.8. The SMILES string of the molecule is CN(C(=O)c1ccc(NC(=O)NCCC(=O)O)cc1Cl)C1CCCCC1. The third-order valence-corrected chi connectivity index (χ3v) is 4.84. The Morgan fingerprint density at radius 3 is 2.54 bits per heavy atom. The van der Waals surface area contributed by atoms with Crippen molar-refractivity contribution in [3.05, 3.63) is 28.8 Å². The minimum Gasteiger partial charge on any atom is -0.481 e. The molecule has 0 aromatic heterocycles. The van der Waals surface area contributed by atoms with Gasteiger partial charge in [-0.2, -0.15) is 0 Å². The van der Waals surface area contributed by atoms with Crippen LogP contribution in [-0.2, 0) is 4.79 Å². The van der Waals surface area contributed by atoms with Gasteiger partial charge in [-0.3, -0.25) is 9.59 Å². The van der Waals surface area contributed by atoms with Crippen molar-refractivity contribution in [1.82, 2.24) is 10.2 Å². The summed E-state index contributed by atoms with van der Waals surface area (Å²) in [5, 5.41) is 13.8. The lowest BCUT2D eigenvalue weighted by atomic mass is 9.94. The van der Waals surface area contributed by atoms with E-state index in [-0.39, 0.29) is 29.9 Å². The van der Waals surface area contributed by atoms with Crippen LogP contribution in [0.15, 0.2) is 18.2 Å². The second-order valence-electron chi connectivity index (χ2n) is 6.43. The molecule has 1 aromatic rings. The number of anilines is 1. The summed E-state index contributed by atoms with van der Waals surface area (Å²) in [4.78, 5) is 36.6. The quantitative estimate of drug-likeness (QED) is 0.703. The molecular weight excluding hydrogens is 358 g/mol. The van der Waals surface area contributed by atoms with Crippen LogP contribution < -0.4 is 10.6 Å². The first kappa shape index (κ1) is 20.0. The molecule has 3 amide bonds. The zero-order valence-corrected chi connectivity index (χ0v) is 15.5. The van der Waals surface area contributed by atoms with Crippen LogP contribution in [0.1, 0.15) is 48.9 Å². The molecule has 26 heavy (non-hydrogen) atoms. The molecule has 7 nitrogen and oxygen atoms in total. The standard InChI is InChI=1S/C18H24ClN3O4/c1-22(13-5-3-2-4-6-13)17(25)14-8-7-12(11-15(14)19)21-18(26)20-10-9-16(23)24/h7-8,11,13H,2-6,9-10H2,1H3,(H,23,24)(H2,20,21,26). The van der Waals surface area contributed by atoms with Gasteiger partial charge in [0.1, 0.15) is 0 Å². The van der Waals surface area contributed by atoms with Crippen LogP contribution >= 0.6 is 11.6 Å². The Kier molecular flexibility index (Phi) is 7.26. The molecular formula is C18H24ClN3O4. The van der Waals surface area contributed by atoms with E-state index in [0.717, 1.165) is 25.7 Å². The number of hydrogen-bond acceptors (Lipinski definition) is 3. The molecule has 1 fully saturated rings. The first-order valence-electron chi connectivity index (χ1n) is 8.72. The number of rotatable bonds is 6. The lowest BCUT2D eigenvalue weighted by Gasteiger charge is -2.31. The van der Waals surface area contributed by atoms with Crippen LogP contribution in [0.2, 0.25) is 5.02 Å². The van der Waals surface area contributed by atoms with Gasteiger partial charge in [0.15, 0.2) is 0 Å². The lowest BCUT2D eigenvalue weighted by Crippen LogP contribution is -2.38. The minimum absolute atomic E-state index is 0.0254. The van der Waals surface area contributed by atoms with Crippen molar-refractivity contribution in [1.29, 1.82) is 0 Å². The molecule has 8 heteroatoms. The maximum absolute atomic E-state index is 12.7. The van der Waals surface area contributed by atoms with Gasteiger partial charge in [0, 0.05) is 25.3 Å². The van der Waals surface area contributed by atoms with E-state index >= 15 is 0 Å². The van der Waals surface area contributed by atoms with Gasteiger partial charge in [-0.25, -0.2) is 4.79 Å². The molecule has 1 aliphatic carbocycles. The van der Waals surface area contributed by atoms with Crippen LogP contribution in [0.3, 0.4) is 0 Å². The zero-order chi connectivity index (χ0) is 19.1. The van der Waals surface area contributed by atoms with Crippen molar-refractivity contribution in [2.75, 3.05) is 18.9 Å². The van der Waals surface area contributed by atoms with Gasteiger partial charge in [0.05, 0.1) is 17.0 Å². The van der Waals surface area contributed by atoms with E-state index in [1.54, 1.807) is 24.1 Å². The van der Waals surface area contributed by atoms with Crippen LogP contribution in [-0.4, -0.2) is 47.5 Å². The summed E-state index contributed by atoms with van der Waals surface area (Å²) in [6, 6.07) is 4.42. The fourth-order valence-corrected chi connectivity index (χ4v) is 3.31. The van der Waals surface area contributed by atoms with Gasteiger partial charge in [-0.1, -0.05) is 30.9 Å². The summed E-state index contributed by atoms with van der Waals surface area (Å²) in [7, 11) is 1.80. The van der Waals surface area contributed by atoms with Crippen molar-refractivity contribution in [2.24, 2.45) is 0 Å². The molecule has 0 spiro atoms. The summed E-state index contributed by atoms with van der Waals surface area (Å²) in [5.74, 6) is -1.11. The Hall–Kier alpha value is -2.28. The van der Waals surface area contributed by atoms with Gasteiger partial charge < -0.3 is 20.6 Å². The van der Waals surface area contributed by atoms with Gasteiger partial charge in [0.2, 0.25) is 0 Å². The summed E-state index contributed by atoms with van der Waals surface area (Å²) >= 11 is 6.24. The number of hydrogen-bond donors (Lipinski definition) is 3. The van der Waals surface area contributed by atoms with Gasteiger partial charge in [-0.15, -0.1) is 0 Å². The predicted molar refractivity (Wildman–Crippen MR) is 99.7 cm³/mol. The number of urea groups is 1. The van der Waals surface area contributed by atoms with Crippen molar-refractivity contribution < 1.29 is 19.5 Å². The van der Waals surface area contributed by atoms with Crippen LogP contribution in [0.4, 0.5) is 10.5 Å². The summed E-state index contributed by atoms with van der Waals surface area (Å²) in [5.41, 5.74) is 0.830. The Morgan fingerprint density at radius 1 is 1.23 bits per heavy atom. The van der Waals surface area contributed by atoms with Crippen molar-refractivity contribution in [3.8, 4) is 0 Å². The van der Waals surface area contributed by atoms with E-state index in [9.17, 15) is 14.4 Å². The smallest absolute Gasteiger partial charge is 0.319 e. The highest BCUT2D eigenvalue weighted by Gasteiger charge is 2.24. The first-order chi connectivity index (χ1) is 12.4. The van der Waals surface area contributed by atoms with Gasteiger partial charge in [-0.05, 0) is 31.0 Å². The van der Waals surface area contributed by atoms with Crippen molar-refractivity contribution in [2.45, 2.75) is 44.6 Å². The van der Waals surface area contributed by atoms with E-state index in [2.05, 4.69) is 10.6 Å². The molecule has 2 rings (SSSR count). The molecule has 3 N–H and O–H groups in total. The second kappa shape index (κ2) is 9.43. The minimum atomic E-state index is -0.988. The molecule has 0 aliphatic heterocycles. The Labute approximate surface area is 157 Å². The van der Waals surface area contributed by atoms with E-state index in [4.69, 9.17) is 16.7 Å². The highest BCUT2D eigenvalue weighted by Crippen LogP contribution is 2.26. The van der Waals surface area contributed by atoms with E-state index in [1.807, 2.05) is 0 Å². The fourth-order valence-electron chi connectivity index (χ4n) is 3.05. The number of carboxylic acid groups (broad SMARTS) is 1. The molecule has 0 bridgehead atoms. The van der Waals surface area contributed by atoms with E-state index in [1.165, 1.54) is 12.5 Å². The van der Waals surface area contributed by atoms with Crippen LogP contribution in [0.5, 0.6) is 0 Å². The molecule has 0 heterocycles. The number of benzene rings is 1. The number of carbonyl (C=O) groups excluding carboxylic acids is 2. The van der Waals surface area contributed by atoms with Crippen LogP contribution in [0.25, 0.3) is 0 Å². The molecule has 1 saturated carbocycles. The van der Waals surface area contributed by atoms with Crippen molar-refractivity contribution >= 4 is 35.2 Å². The maximum Gasteiger partial charge on any atom is 0.319 e. The molecule has 0 atom stereocenters. The number of aliphatic carboxylic acids is 1. The molecule has 142 valence electrons. The first-order valence-corrected chi connectivity index (χ1v) is 9.09. The summed E-state index contributed by atoms with van der Waals surface area (Å²) < 4.78 is 0.